The van der Waals surface area contributed by atoms with Crippen LogP contribution in [0.25, 0.3) is 15.9 Å². The number of likely N-dealkylation sites (N-methyl/N-ethyl adjacent to an activating group) is 2. The predicted octanol–water partition coefficient (Wildman–Crippen LogP) is 2.21. The van der Waals surface area contributed by atoms with E-state index in [9.17, 15) is 9.59 Å². The maximum atomic E-state index is 12.5. The highest BCUT2D eigenvalue weighted by molar-refractivity contribution is 7.20. The zero-order chi connectivity index (χ0) is 17.3. The second-order valence-electron chi connectivity index (χ2n) is 5.50. The molecule has 1 N–H and O–H groups in total. The monoisotopic (exact) mass is 342 g/mol. The lowest BCUT2D eigenvalue weighted by atomic mass is 10.3. The molecule has 2 amide bonds. The van der Waals surface area contributed by atoms with Crippen LogP contribution in [0.2, 0.25) is 0 Å². The molecule has 0 saturated carbocycles. The van der Waals surface area contributed by atoms with Gasteiger partial charge in [0.25, 0.3) is 5.91 Å². The molecule has 0 aliphatic heterocycles. The maximum Gasteiger partial charge on any atom is 0.264 e. The predicted molar refractivity (Wildman–Crippen MR) is 94.7 cm³/mol. The number of amides is 2. The molecule has 0 unspecified atom stereocenters. The van der Waals surface area contributed by atoms with Crippen molar-refractivity contribution in [3.8, 4) is 5.69 Å². The first-order valence-electron chi connectivity index (χ1n) is 7.52. The number of para-hydroxylation sites is 1. The van der Waals surface area contributed by atoms with Crippen LogP contribution in [-0.2, 0) is 4.79 Å². The molecule has 6 nitrogen and oxygen atoms in total. The van der Waals surface area contributed by atoms with Crippen LogP contribution >= 0.6 is 11.3 Å². The fourth-order valence-corrected chi connectivity index (χ4v) is 3.63. The molecule has 0 bridgehead atoms. The Labute approximate surface area is 143 Å². The number of benzene rings is 1. The zero-order valence-electron chi connectivity index (χ0n) is 13.7. The van der Waals surface area contributed by atoms with Crippen LogP contribution < -0.4 is 5.32 Å². The van der Waals surface area contributed by atoms with Crippen LogP contribution in [0.15, 0.2) is 36.4 Å². The Hall–Kier alpha value is -2.67. The Balaban J connectivity index is 1.97. The number of hydrogen-bond donors (Lipinski definition) is 1. The van der Waals surface area contributed by atoms with Crippen LogP contribution in [0.5, 0.6) is 0 Å². The summed E-state index contributed by atoms with van der Waals surface area (Å²) in [6.45, 7) is 1.96. The quantitative estimate of drug-likeness (QED) is 0.790. The Morgan fingerprint density at radius 3 is 2.67 bits per heavy atom. The molecule has 0 aliphatic rings. The molecule has 0 spiro atoms. The molecule has 3 aromatic rings. The fourth-order valence-electron chi connectivity index (χ4n) is 2.45. The minimum Gasteiger partial charge on any atom is -0.358 e. The minimum atomic E-state index is -0.196. The van der Waals surface area contributed by atoms with Crippen LogP contribution in [0.3, 0.4) is 0 Å². The normalized spacial score (nSPS) is 10.8. The fraction of sp³-hybridized carbons (Fsp3) is 0.235. The van der Waals surface area contributed by atoms with E-state index < -0.39 is 0 Å². The molecule has 0 aliphatic carbocycles. The largest absolute Gasteiger partial charge is 0.358 e. The lowest BCUT2D eigenvalue weighted by Gasteiger charge is -2.14. The van der Waals surface area contributed by atoms with E-state index in [1.807, 2.05) is 48.0 Å². The van der Waals surface area contributed by atoms with Crippen molar-refractivity contribution in [1.82, 2.24) is 20.0 Å². The van der Waals surface area contributed by atoms with Gasteiger partial charge in [0.05, 0.1) is 22.8 Å². The molecular formula is C17H18N4O2S. The number of aryl methyl sites for hydroxylation is 1. The molecule has 0 atom stereocenters. The van der Waals surface area contributed by atoms with Crippen molar-refractivity contribution in [3.05, 3.63) is 47.0 Å². The molecular weight excluding hydrogens is 324 g/mol. The van der Waals surface area contributed by atoms with Crippen molar-refractivity contribution in [2.24, 2.45) is 0 Å². The number of carbonyl (C=O) groups excluding carboxylic acids is 2. The van der Waals surface area contributed by atoms with Crippen molar-refractivity contribution >= 4 is 33.4 Å². The molecule has 0 fully saturated rings. The molecule has 0 radical (unpaired) electrons. The number of aromatic nitrogens is 2. The van der Waals surface area contributed by atoms with Crippen molar-refractivity contribution in [3.63, 3.8) is 0 Å². The van der Waals surface area contributed by atoms with Crippen LogP contribution in [0.1, 0.15) is 15.4 Å². The van der Waals surface area contributed by atoms with E-state index in [1.165, 1.54) is 16.2 Å². The van der Waals surface area contributed by atoms with E-state index >= 15 is 0 Å². The molecule has 24 heavy (non-hydrogen) atoms. The van der Waals surface area contributed by atoms with Gasteiger partial charge in [0.15, 0.2) is 0 Å². The second kappa shape index (κ2) is 6.45. The lowest BCUT2D eigenvalue weighted by Crippen LogP contribution is -2.36. The third-order valence-electron chi connectivity index (χ3n) is 3.76. The molecule has 0 saturated heterocycles. The van der Waals surface area contributed by atoms with E-state index in [4.69, 9.17) is 0 Å². The van der Waals surface area contributed by atoms with Gasteiger partial charge in [-0.05, 0) is 25.1 Å². The molecule has 1 aromatic carbocycles. The SMILES string of the molecule is CNC(=O)CN(C)C(=O)c1cc2c(C)nn(-c3ccccc3)c2s1. The van der Waals surface area contributed by atoms with E-state index in [1.54, 1.807) is 14.1 Å². The van der Waals surface area contributed by atoms with Crippen LogP contribution in [0.4, 0.5) is 0 Å². The van der Waals surface area contributed by atoms with Crippen molar-refractivity contribution in [2.75, 3.05) is 20.6 Å². The first-order chi connectivity index (χ1) is 11.5. The third-order valence-corrected chi connectivity index (χ3v) is 4.86. The second-order valence-corrected chi connectivity index (χ2v) is 6.53. The van der Waals surface area contributed by atoms with Gasteiger partial charge in [-0.3, -0.25) is 9.59 Å². The number of carbonyl (C=O) groups is 2. The zero-order valence-corrected chi connectivity index (χ0v) is 14.6. The molecule has 3 rings (SSSR count). The van der Waals surface area contributed by atoms with E-state index in [0.29, 0.717) is 4.88 Å². The Morgan fingerprint density at radius 2 is 2.00 bits per heavy atom. The van der Waals surface area contributed by atoms with Crippen molar-refractivity contribution in [1.29, 1.82) is 0 Å². The smallest absolute Gasteiger partial charge is 0.264 e. The van der Waals surface area contributed by atoms with E-state index in [-0.39, 0.29) is 18.4 Å². The standard InChI is InChI=1S/C17H18N4O2S/c1-11-13-9-14(16(23)20(3)10-15(22)18-2)24-17(13)21(19-11)12-7-5-4-6-8-12/h4-9H,10H2,1-3H3,(H,18,22). The maximum absolute atomic E-state index is 12.5. The summed E-state index contributed by atoms with van der Waals surface area (Å²) in [6.07, 6.45) is 0. The first kappa shape index (κ1) is 16.2. The average Bonchev–Trinajstić information content (AvgIpc) is 3.15. The minimum absolute atomic E-state index is 0.0351. The number of hydrogen-bond acceptors (Lipinski definition) is 4. The lowest BCUT2D eigenvalue weighted by molar-refractivity contribution is -0.121. The van der Waals surface area contributed by atoms with Crippen molar-refractivity contribution < 1.29 is 9.59 Å². The van der Waals surface area contributed by atoms with Gasteiger partial charge in [0.2, 0.25) is 5.91 Å². The summed E-state index contributed by atoms with van der Waals surface area (Å²) in [5.41, 5.74) is 1.83. The summed E-state index contributed by atoms with van der Waals surface area (Å²) in [7, 11) is 3.18. The molecule has 124 valence electrons. The molecule has 2 aromatic heterocycles. The number of nitrogens with one attached hydrogen (secondary N) is 1. The van der Waals surface area contributed by atoms with E-state index in [2.05, 4.69) is 10.4 Å². The summed E-state index contributed by atoms with van der Waals surface area (Å²) < 4.78 is 1.85. The van der Waals surface area contributed by atoms with Gasteiger partial charge in [-0.25, -0.2) is 4.68 Å². The number of fused-ring (bicyclic) bond motifs is 1. The average molecular weight is 342 g/mol. The highest BCUT2D eigenvalue weighted by atomic mass is 32.1. The van der Waals surface area contributed by atoms with Gasteiger partial charge in [-0.15, -0.1) is 11.3 Å². The Bertz CT molecular complexity index is 898. The van der Waals surface area contributed by atoms with Crippen molar-refractivity contribution in [2.45, 2.75) is 6.92 Å². The summed E-state index contributed by atoms with van der Waals surface area (Å²) in [4.78, 5) is 26.9. The van der Waals surface area contributed by atoms with Gasteiger partial charge < -0.3 is 10.2 Å². The first-order valence-corrected chi connectivity index (χ1v) is 8.33. The highest BCUT2D eigenvalue weighted by Crippen LogP contribution is 2.30. The summed E-state index contributed by atoms with van der Waals surface area (Å²) in [6, 6.07) is 11.7. The molecule has 7 heteroatoms. The number of nitrogens with zero attached hydrogens (tertiary/aromatic N) is 3. The van der Waals surface area contributed by atoms with Gasteiger partial charge in [-0.1, -0.05) is 18.2 Å². The number of thiophene rings is 1. The Kier molecular flexibility index (Phi) is 4.35. The topological polar surface area (TPSA) is 67.2 Å². The summed E-state index contributed by atoms with van der Waals surface area (Å²) in [5, 5.41) is 8.04. The Morgan fingerprint density at radius 1 is 1.29 bits per heavy atom. The van der Waals surface area contributed by atoms with Crippen LogP contribution in [0, 0.1) is 6.92 Å². The summed E-state index contributed by atoms with van der Waals surface area (Å²) >= 11 is 1.39. The van der Waals surface area contributed by atoms with Crippen LogP contribution in [-0.4, -0.2) is 47.1 Å². The molecule has 2 heterocycles. The van der Waals surface area contributed by atoms with Gasteiger partial charge >= 0.3 is 0 Å². The van der Waals surface area contributed by atoms with Gasteiger partial charge in [-0.2, -0.15) is 5.10 Å². The van der Waals surface area contributed by atoms with Gasteiger partial charge in [0, 0.05) is 19.5 Å². The number of rotatable bonds is 4. The van der Waals surface area contributed by atoms with Gasteiger partial charge in [0.1, 0.15) is 4.83 Å². The van der Waals surface area contributed by atoms with E-state index in [0.717, 1.165) is 21.6 Å². The summed E-state index contributed by atoms with van der Waals surface area (Å²) in [5.74, 6) is -0.364. The third kappa shape index (κ3) is 2.90. The highest BCUT2D eigenvalue weighted by Gasteiger charge is 2.20.